The van der Waals surface area contributed by atoms with E-state index in [9.17, 15) is 9.36 Å². The van der Waals surface area contributed by atoms with Crippen LogP contribution in [0.25, 0.3) is 0 Å². The van der Waals surface area contributed by atoms with Crippen molar-refractivity contribution in [2.24, 2.45) is 0 Å². The first-order chi connectivity index (χ1) is 5.72. The molecule has 4 nitrogen and oxygen atoms in total. The third-order valence-corrected chi connectivity index (χ3v) is 1.92. The fourth-order valence-electron chi connectivity index (χ4n) is 0.423. The molecule has 0 aliphatic carbocycles. The minimum atomic E-state index is -2.68. The highest BCUT2D eigenvalue weighted by molar-refractivity contribution is 7.58. The van der Waals surface area contributed by atoms with Crippen LogP contribution < -0.4 is 0 Å². The zero-order valence-corrected chi connectivity index (χ0v) is 8.05. The molecule has 0 heterocycles. The lowest BCUT2D eigenvalue weighted by Crippen LogP contribution is -1.98. The number of hydrogen-bond donors (Lipinski definition) is 0. The van der Waals surface area contributed by atoms with Crippen LogP contribution in [0, 0.1) is 11.8 Å². The second kappa shape index (κ2) is 6.90. The van der Waals surface area contributed by atoms with Crippen LogP contribution in [0.1, 0.15) is 13.8 Å². The van der Waals surface area contributed by atoms with E-state index in [2.05, 4.69) is 21.1 Å². The summed E-state index contributed by atoms with van der Waals surface area (Å²) >= 11 is 0. The molecule has 0 aliphatic heterocycles. The Balaban J connectivity index is 3.69. The maximum atomic E-state index is 10.8. The minimum absolute atomic E-state index is 0.0290. The maximum absolute atomic E-state index is 10.8. The molecular formula is C7H11O4P. The van der Waals surface area contributed by atoms with Gasteiger partial charge in [0, 0.05) is 0 Å². The van der Waals surface area contributed by atoms with Gasteiger partial charge in [-0.1, -0.05) is 5.92 Å². The Labute approximate surface area is 72.1 Å². The standard InChI is InChI=1S/C7H11O4P/c1-3-5-6-10-7(8)12(9)11-4-2/h12H,4,6H2,1-2H3. The van der Waals surface area contributed by atoms with Gasteiger partial charge in [-0.3, -0.25) is 4.57 Å². The van der Waals surface area contributed by atoms with Crippen molar-refractivity contribution in [1.82, 2.24) is 0 Å². The fourth-order valence-corrected chi connectivity index (χ4v) is 0.993. The highest BCUT2D eigenvalue weighted by Gasteiger charge is 2.11. The minimum Gasteiger partial charge on any atom is -0.446 e. The van der Waals surface area contributed by atoms with Crippen LogP contribution in [0.3, 0.4) is 0 Å². The molecule has 0 aliphatic rings. The number of rotatable bonds is 4. The van der Waals surface area contributed by atoms with E-state index in [0.29, 0.717) is 0 Å². The Morgan fingerprint density at radius 3 is 2.75 bits per heavy atom. The van der Waals surface area contributed by atoms with Crippen molar-refractivity contribution in [3.05, 3.63) is 0 Å². The number of carbonyl (C=O) groups is 1. The van der Waals surface area contributed by atoms with Crippen molar-refractivity contribution < 1.29 is 18.6 Å². The quantitative estimate of drug-likeness (QED) is 0.499. The van der Waals surface area contributed by atoms with Gasteiger partial charge in [-0.25, -0.2) is 4.79 Å². The van der Waals surface area contributed by atoms with Crippen LogP contribution in [-0.2, 0) is 13.8 Å². The lowest BCUT2D eigenvalue weighted by molar-refractivity contribution is 0.181. The predicted molar refractivity (Wildman–Crippen MR) is 45.4 cm³/mol. The molecule has 0 saturated carbocycles. The average molecular weight is 190 g/mol. The second-order valence-electron chi connectivity index (χ2n) is 1.72. The highest BCUT2D eigenvalue weighted by Crippen LogP contribution is 2.24. The van der Waals surface area contributed by atoms with E-state index in [1.807, 2.05) is 0 Å². The monoisotopic (exact) mass is 190 g/mol. The molecule has 0 saturated heterocycles. The van der Waals surface area contributed by atoms with E-state index in [4.69, 9.17) is 0 Å². The van der Waals surface area contributed by atoms with Crippen LogP contribution in [-0.4, -0.2) is 18.9 Å². The normalized spacial score (nSPS) is 11.2. The van der Waals surface area contributed by atoms with E-state index in [1.54, 1.807) is 13.8 Å². The molecule has 0 fully saturated rings. The summed E-state index contributed by atoms with van der Waals surface area (Å²) in [4.78, 5) is 10.7. The van der Waals surface area contributed by atoms with Gasteiger partial charge in [-0.15, -0.1) is 5.92 Å². The van der Waals surface area contributed by atoms with Gasteiger partial charge >= 0.3 is 5.71 Å². The summed E-state index contributed by atoms with van der Waals surface area (Å²) in [6.45, 7) is 3.49. The lowest BCUT2D eigenvalue weighted by Gasteiger charge is -1.99. The van der Waals surface area contributed by atoms with E-state index in [1.165, 1.54) is 0 Å². The van der Waals surface area contributed by atoms with Crippen LogP contribution in [0.15, 0.2) is 0 Å². The van der Waals surface area contributed by atoms with Crippen LogP contribution >= 0.6 is 8.03 Å². The molecule has 0 radical (unpaired) electrons. The summed E-state index contributed by atoms with van der Waals surface area (Å²) in [7, 11) is -2.68. The molecular weight excluding hydrogens is 179 g/mol. The number of carbonyl (C=O) groups excluding carboxylic acids is 1. The molecule has 0 aromatic rings. The zero-order valence-electron chi connectivity index (χ0n) is 7.05. The van der Waals surface area contributed by atoms with Crippen LogP contribution in [0.5, 0.6) is 0 Å². The topological polar surface area (TPSA) is 52.6 Å². The molecule has 0 aromatic carbocycles. The first-order valence-electron chi connectivity index (χ1n) is 3.45. The molecule has 5 heteroatoms. The Morgan fingerprint density at radius 1 is 1.58 bits per heavy atom. The van der Waals surface area contributed by atoms with Gasteiger partial charge in [0.05, 0.1) is 6.61 Å². The van der Waals surface area contributed by atoms with Crippen molar-refractivity contribution in [2.45, 2.75) is 13.8 Å². The van der Waals surface area contributed by atoms with Gasteiger partial charge in [-0.2, -0.15) is 0 Å². The average Bonchev–Trinajstić information content (AvgIpc) is 2.05. The molecule has 1 atom stereocenters. The summed E-state index contributed by atoms with van der Waals surface area (Å²) in [6, 6.07) is 0. The third-order valence-electron chi connectivity index (χ3n) is 0.894. The third kappa shape index (κ3) is 4.95. The van der Waals surface area contributed by atoms with Crippen molar-refractivity contribution in [1.29, 1.82) is 0 Å². The van der Waals surface area contributed by atoms with E-state index in [-0.39, 0.29) is 13.2 Å². The molecule has 0 aromatic heterocycles. The second-order valence-corrected chi connectivity index (χ2v) is 3.00. The molecule has 0 N–H and O–H groups in total. The van der Waals surface area contributed by atoms with Crippen LogP contribution in [0.4, 0.5) is 4.79 Å². The van der Waals surface area contributed by atoms with Crippen molar-refractivity contribution in [3.63, 3.8) is 0 Å². The molecule has 12 heavy (non-hydrogen) atoms. The highest BCUT2D eigenvalue weighted by atomic mass is 31.1. The van der Waals surface area contributed by atoms with Crippen LogP contribution in [0.2, 0.25) is 0 Å². The Hall–Kier alpha value is -0.780. The van der Waals surface area contributed by atoms with Crippen molar-refractivity contribution in [2.75, 3.05) is 13.2 Å². The Morgan fingerprint density at radius 2 is 2.25 bits per heavy atom. The van der Waals surface area contributed by atoms with Crippen molar-refractivity contribution in [3.8, 4) is 11.8 Å². The zero-order chi connectivity index (χ0) is 9.40. The first kappa shape index (κ1) is 11.2. The number of ether oxygens (including phenoxy) is 1. The SMILES string of the molecule is CC#CCOC(=O)[PH](=O)OCC. The summed E-state index contributed by atoms with van der Waals surface area (Å²) in [5, 5.41) is 0. The summed E-state index contributed by atoms with van der Waals surface area (Å²) in [6.07, 6.45) is 0. The van der Waals surface area contributed by atoms with Gasteiger partial charge in [0.25, 0.3) is 8.03 Å². The van der Waals surface area contributed by atoms with Gasteiger partial charge in [0.1, 0.15) is 0 Å². The smallest absolute Gasteiger partial charge is 0.389 e. The van der Waals surface area contributed by atoms with Gasteiger partial charge in [0.2, 0.25) is 0 Å². The largest absolute Gasteiger partial charge is 0.446 e. The summed E-state index contributed by atoms with van der Waals surface area (Å²) in [5.41, 5.74) is -0.815. The Bertz CT molecular complexity index is 225. The van der Waals surface area contributed by atoms with E-state index >= 15 is 0 Å². The van der Waals surface area contributed by atoms with Gasteiger partial charge in [0.15, 0.2) is 6.61 Å². The molecule has 0 spiro atoms. The number of hydrogen-bond acceptors (Lipinski definition) is 4. The summed E-state index contributed by atoms with van der Waals surface area (Å²) < 4.78 is 19.8. The summed E-state index contributed by atoms with van der Waals surface area (Å²) in [5.74, 6) is 5.04. The van der Waals surface area contributed by atoms with Gasteiger partial charge < -0.3 is 9.26 Å². The van der Waals surface area contributed by atoms with Gasteiger partial charge in [-0.05, 0) is 13.8 Å². The van der Waals surface area contributed by atoms with E-state index < -0.39 is 13.7 Å². The first-order valence-corrected chi connectivity index (χ1v) is 4.77. The van der Waals surface area contributed by atoms with Crippen molar-refractivity contribution >= 4 is 13.7 Å². The lowest BCUT2D eigenvalue weighted by atomic mass is 10.6. The fraction of sp³-hybridized carbons (Fsp3) is 0.571. The molecule has 0 rings (SSSR count). The molecule has 1 unspecified atom stereocenters. The predicted octanol–water partition coefficient (Wildman–Crippen LogP) is 1.66. The molecule has 0 amide bonds. The Kier molecular flexibility index (Phi) is 6.45. The van der Waals surface area contributed by atoms with E-state index in [0.717, 1.165) is 0 Å². The maximum Gasteiger partial charge on any atom is 0.389 e. The molecule has 68 valence electrons. The molecule has 0 bridgehead atoms.